The first-order chi connectivity index (χ1) is 12.5. The molecule has 1 aromatic heterocycles. The number of nitrogens with two attached hydrogens (primary N) is 1. The van der Waals surface area contributed by atoms with E-state index >= 15 is 0 Å². The number of guanidine groups is 1. The minimum Gasteiger partial charge on any atom is -0.497 e. The average Bonchev–Trinajstić information content (AvgIpc) is 2.91. The molecule has 26 heavy (non-hydrogen) atoms. The van der Waals surface area contributed by atoms with Crippen molar-refractivity contribution < 1.29 is 14.5 Å². The van der Waals surface area contributed by atoms with Crippen LogP contribution in [0.4, 0.5) is 0 Å². The molecule has 1 aliphatic rings. The van der Waals surface area contributed by atoms with Gasteiger partial charge in [0, 0.05) is 12.6 Å². The first-order valence-electron chi connectivity index (χ1n) is 8.81. The SMILES string of the molecule is CCCCC1(c2c[nH+]cc(-c3cccc(OC)c3)c2)N=C(N)N(C)C1=O. The zero-order valence-corrected chi connectivity index (χ0v) is 15.5. The topological polar surface area (TPSA) is 82.1 Å². The number of methoxy groups -OCH3 is 1. The van der Waals surface area contributed by atoms with E-state index in [0.29, 0.717) is 6.42 Å². The van der Waals surface area contributed by atoms with Crippen LogP contribution in [0.2, 0.25) is 0 Å². The minimum absolute atomic E-state index is 0.0837. The number of rotatable bonds is 6. The zero-order chi connectivity index (χ0) is 18.7. The number of amides is 1. The van der Waals surface area contributed by atoms with Gasteiger partial charge in [0.1, 0.15) is 5.75 Å². The van der Waals surface area contributed by atoms with Crippen molar-refractivity contribution in [2.45, 2.75) is 31.7 Å². The number of H-pyrrole nitrogens is 1. The summed E-state index contributed by atoms with van der Waals surface area (Å²) in [5, 5.41) is 0. The number of carbonyl (C=O) groups is 1. The van der Waals surface area contributed by atoms with E-state index in [1.165, 1.54) is 4.90 Å². The van der Waals surface area contributed by atoms with Gasteiger partial charge in [0.25, 0.3) is 5.91 Å². The van der Waals surface area contributed by atoms with Gasteiger partial charge in [-0.2, -0.15) is 0 Å². The lowest BCUT2D eigenvalue weighted by atomic mass is 9.85. The van der Waals surface area contributed by atoms with Crippen LogP contribution in [0.5, 0.6) is 5.75 Å². The first kappa shape index (κ1) is 17.9. The molecule has 0 radical (unpaired) electrons. The number of hydrogen-bond donors (Lipinski definition) is 1. The number of ether oxygens (including phenoxy) is 1. The average molecular weight is 353 g/mol. The van der Waals surface area contributed by atoms with Gasteiger partial charge in [-0.05, 0) is 30.2 Å². The fourth-order valence-corrected chi connectivity index (χ4v) is 3.31. The number of likely N-dealkylation sites (N-methyl/N-ethyl adjacent to an activating group) is 1. The molecule has 0 saturated carbocycles. The second-order valence-electron chi connectivity index (χ2n) is 6.54. The van der Waals surface area contributed by atoms with E-state index in [4.69, 9.17) is 10.5 Å². The lowest BCUT2D eigenvalue weighted by Gasteiger charge is -2.24. The third kappa shape index (κ3) is 3.03. The van der Waals surface area contributed by atoms with Gasteiger partial charge in [-0.3, -0.25) is 9.69 Å². The summed E-state index contributed by atoms with van der Waals surface area (Å²) in [7, 11) is 3.32. The summed E-state index contributed by atoms with van der Waals surface area (Å²) in [6, 6.07) is 9.83. The molecule has 1 aromatic carbocycles. The normalized spacial score (nSPS) is 19.6. The number of unbranched alkanes of at least 4 members (excludes halogenated alkanes) is 1. The highest BCUT2D eigenvalue weighted by molar-refractivity contribution is 6.06. The van der Waals surface area contributed by atoms with Gasteiger partial charge < -0.3 is 10.5 Å². The molecule has 0 saturated heterocycles. The number of aromatic amines is 1. The Bertz CT molecular complexity index is 849. The summed E-state index contributed by atoms with van der Waals surface area (Å²) in [6.07, 6.45) is 6.24. The van der Waals surface area contributed by atoms with Gasteiger partial charge in [-0.1, -0.05) is 31.9 Å². The zero-order valence-electron chi connectivity index (χ0n) is 15.5. The van der Waals surface area contributed by atoms with Gasteiger partial charge >= 0.3 is 0 Å². The monoisotopic (exact) mass is 353 g/mol. The Kier molecular flexibility index (Phi) is 4.93. The molecule has 1 unspecified atom stereocenters. The Morgan fingerprint density at radius 3 is 2.73 bits per heavy atom. The fraction of sp³-hybridized carbons (Fsp3) is 0.350. The molecule has 2 heterocycles. The molecule has 2 aromatic rings. The lowest BCUT2D eigenvalue weighted by molar-refractivity contribution is -0.378. The van der Waals surface area contributed by atoms with Gasteiger partial charge in [0.2, 0.25) is 0 Å². The number of aromatic nitrogens is 1. The summed E-state index contributed by atoms with van der Waals surface area (Å²) in [5.41, 5.74) is 7.80. The first-order valence-corrected chi connectivity index (χ1v) is 8.81. The smallest absolute Gasteiger partial charge is 0.261 e. The van der Waals surface area contributed by atoms with Crippen molar-refractivity contribution in [2.24, 2.45) is 10.7 Å². The number of benzene rings is 1. The van der Waals surface area contributed by atoms with Crippen molar-refractivity contribution in [3.8, 4) is 16.9 Å². The van der Waals surface area contributed by atoms with Crippen molar-refractivity contribution >= 4 is 11.9 Å². The summed E-state index contributed by atoms with van der Waals surface area (Å²) < 4.78 is 5.32. The molecule has 0 spiro atoms. The number of nitrogens with one attached hydrogen (secondary N) is 1. The molecule has 0 aliphatic carbocycles. The van der Waals surface area contributed by atoms with Gasteiger partial charge in [0.15, 0.2) is 23.9 Å². The van der Waals surface area contributed by atoms with Gasteiger partial charge in [0.05, 0.1) is 12.7 Å². The molecule has 1 amide bonds. The molecule has 3 N–H and O–H groups in total. The quantitative estimate of drug-likeness (QED) is 0.865. The summed E-state index contributed by atoms with van der Waals surface area (Å²) in [4.78, 5) is 22.2. The molecule has 3 rings (SSSR count). The number of aliphatic imine (C=N–C) groups is 1. The summed E-state index contributed by atoms with van der Waals surface area (Å²) >= 11 is 0. The molecule has 6 heteroatoms. The van der Waals surface area contributed by atoms with E-state index in [0.717, 1.165) is 35.3 Å². The fourth-order valence-electron chi connectivity index (χ4n) is 3.31. The number of carbonyl (C=O) groups excluding carboxylic acids is 1. The Morgan fingerprint density at radius 2 is 2.08 bits per heavy atom. The highest BCUT2D eigenvalue weighted by Crippen LogP contribution is 2.38. The van der Waals surface area contributed by atoms with E-state index in [-0.39, 0.29) is 11.9 Å². The molecule has 1 aliphatic heterocycles. The van der Waals surface area contributed by atoms with Crippen molar-refractivity contribution in [1.29, 1.82) is 0 Å². The molecule has 0 bridgehead atoms. The molecule has 136 valence electrons. The standard InChI is InChI=1S/C20H24N4O2/c1-4-5-9-20(18(25)24(2)19(21)23-20)16-10-15(12-22-13-16)14-7-6-8-17(11-14)26-3/h6-8,10-13H,4-5,9H2,1-3H3,(H2,21,23)/p+1. The van der Waals surface area contributed by atoms with Crippen LogP contribution in [0.3, 0.4) is 0 Å². The van der Waals surface area contributed by atoms with E-state index < -0.39 is 5.54 Å². The highest BCUT2D eigenvalue weighted by Gasteiger charge is 2.48. The van der Waals surface area contributed by atoms with Crippen molar-refractivity contribution in [3.63, 3.8) is 0 Å². The Labute approximate surface area is 153 Å². The van der Waals surface area contributed by atoms with Crippen LogP contribution in [0.25, 0.3) is 11.1 Å². The lowest BCUT2D eigenvalue weighted by Crippen LogP contribution is -2.40. The third-order valence-electron chi connectivity index (χ3n) is 4.87. The van der Waals surface area contributed by atoms with Crippen LogP contribution in [-0.4, -0.2) is 30.9 Å². The van der Waals surface area contributed by atoms with Gasteiger partial charge in [-0.25, -0.2) is 9.98 Å². The second-order valence-corrected chi connectivity index (χ2v) is 6.54. The highest BCUT2D eigenvalue weighted by atomic mass is 16.5. The predicted octanol–water partition coefficient (Wildman–Crippen LogP) is 2.35. The number of hydrogen-bond acceptors (Lipinski definition) is 4. The second kappa shape index (κ2) is 7.15. The van der Waals surface area contributed by atoms with Crippen LogP contribution in [0, 0.1) is 0 Å². The largest absolute Gasteiger partial charge is 0.497 e. The minimum atomic E-state index is -0.958. The summed E-state index contributed by atoms with van der Waals surface area (Å²) in [6.45, 7) is 2.10. The number of pyridine rings is 1. The maximum absolute atomic E-state index is 13.0. The van der Waals surface area contributed by atoms with Crippen LogP contribution in [0.15, 0.2) is 47.7 Å². The maximum Gasteiger partial charge on any atom is 0.261 e. The van der Waals surface area contributed by atoms with E-state index in [1.54, 1.807) is 14.2 Å². The van der Waals surface area contributed by atoms with Crippen LogP contribution >= 0.6 is 0 Å². The maximum atomic E-state index is 13.0. The Morgan fingerprint density at radius 1 is 1.27 bits per heavy atom. The van der Waals surface area contributed by atoms with Crippen molar-refractivity contribution in [3.05, 3.63) is 48.3 Å². The van der Waals surface area contributed by atoms with Gasteiger partial charge in [-0.15, -0.1) is 0 Å². The third-order valence-corrected chi connectivity index (χ3v) is 4.87. The molecule has 6 nitrogen and oxygen atoms in total. The molecule has 1 atom stereocenters. The molecular weight excluding hydrogens is 328 g/mol. The Balaban J connectivity index is 2.08. The summed E-state index contributed by atoms with van der Waals surface area (Å²) in [5.74, 6) is 0.963. The van der Waals surface area contributed by atoms with Crippen molar-refractivity contribution in [1.82, 2.24) is 4.90 Å². The molecule has 0 fully saturated rings. The predicted molar refractivity (Wildman–Crippen MR) is 101 cm³/mol. The van der Waals surface area contributed by atoms with Crippen molar-refractivity contribution in [2.75, 3.05) is 14.2 Å². The van der Waals surface area contributed by atoms with E-state index in [1.807, 2.05) is 42.7 Å². The van der Waals surface area contributed by atoms with Crippen LogP contribution in [-0.2, 0) is 10.3 Å². The van der Waals surface area contributed by atoms with Crippen LogP contribution < -0.4 is 15.5 Å². The van der Waals surface area contributed by atoms with E-state index in [2.05, 4.69) is 16.9 Å². The molecular formula is C20H25N4O2+. The van der Waals surface area contributed by atoms with Crippen LogP contribution in [0.1, 0.15) is 31.7 Å². The Hall–Kier alpha value is -2.89. The van der Waals surface area contributed by atoms with E-state index in [9.17, 15) is 4.79 Å². The number of nitrogens with zero attached hydrogens (tertiary/aromatic N) is 2.